The number of benzene rings is 1. The molecule has 2 saturated carbocycles. The van der Waals surface area contributed by atoms with Crippen molar-refractivity contribution < 1.29 is 26.7 Å². The van der Waals surface area contributed by atoms with Crippen molar-refractivity contribution in [1.29, 1.82) is 0 Å². The molecule has 0 bridgehead atoms. The quantitative estimate of drug-likeness (QED) is 0.546. The summed E-state index contributed by atoms with van der Waals surface area (Å²) >= 11 is 0. The molecule has 2 heterocycles. The van der Waals surface area contributed by atoms with Crippen molar-refractivity contribution in [2.45, 2.75) is 44.3 Å². The van der Waals surface area contributed by atoms with E-state index in [4.69, 9.17) is 5.73 Å². The third kappa shape index (κ3) is 4.07. The summed E-state index contributed by atoms with van der Waals surface area (Å²) in [4.78, 5) is 29.4. The maximum absolute atomic E-state index is 15.2. The van der Waals surface area contributed by atoms with E-state index in [-0.39, 0.29) is 41.1 Å². The first-order chi connectivity index (χ1) is 17.0. The van der Waals surface area contributed by atoms with Gasteiger partial charge in [0.2, 0.25) is 6.43 Å². The fourth-order valence-electron chi connectivity index (χ4n) is 5.95. The highest BCUT2D eigenvalue weighted by Gasteiger charge is 2.59. The summed E-state index contributed by atoms with van der Waals surface area (Å²) in [6.45, 7) is 3.13. The number of carbonyl (C=O) groups excluding carboxylic acids is 1. The van der Waals surface area contributed by atoms with Gasteiger partial charge in [-0.15, -0.1) is 0 Å². The normalized spacial score (nSPS) is 27.9. The molecule has 2 aromatic rings. The van der Waals surface area contributed by atoms with Crippen LogP contribution >= 0.6 is 0 Å². The lowest BCUT2D eigenvalue weighted by atomic mass is 10.0. The van der Waals surface area contributed by atoms with E-state index >= 15 is 4.39 Å². The van der Waals surface area contributed by atoms with Crippen molar-refractivity contribution in [2.75, 3.05) is 25.0 Å². The average molecular weight is 511 g/mol. The molecule has 194 valence electrons. The Morgan fingerprint density at radius 2 is 1.78 bits per heavy atom. The number of aromatic nitrogens is 1. The van der Waals surface area contributed by atoms with Gasteiger partial charge in [0.25, 0.3) is 17.9 Å². The van der Waals surface area contributed by atoms with Crippen LogP contribution in [0, 0.1) is 23.6 Å². The molecule has 0 spiro atoms. The summed E-state index contributed by atoms with van der Waals surface area (Å²) in [7, 11) is 1.97. The number of fused-ring (bicyclic) bond motifs is 1. The standard InChI is InChI=1S/C25H27F5N4O2/c1-11(12-4-3-5-13(21(12)26)23(27)28)34(22-15-8-32(2)9-16(15)22)19-7-20(35)33(10-17(19)25(31)36)18-6-14(18)24(29)30/h3-5,7,10-11,14-16,18,22-24H,6,8-9H2,1-2H3,(H2,31,36)/t11-,14+,15?,16?,18+,22?/m1/s1. The summed E-state index contributed by atoms with van der Waals surface area (Å²) in [6.07, 6.45) is -4.28. The first-order valence-electron chi connectivity index (χ1n) is 11.9. The lowest BCUT2D eigenvalue weighted by Crippen LogP contribution is -2.38. The molecule has 1 aromatic heterocycles. The second-order valence-corrected chi connectivity index (χ2v) is 10.2. The lowest BCUT2D eigenvalue weighted by molar-refractivity contribution is 0.0999. The summed E-state index contributed by atoms with van der Waals surface area (Å²) in [5.41, 5.74) is 4.47. The van der Waals surface area contributed by atoms with Gasteiger partial charge in [0.1, 0.15) is 5.82 Å². The van der Waals surface area contributed by atoms with E-state index in [0.29, 0.717) is 0 Å². The molecular formula is C25H27F5N4O2. The Bertz CT molecular complexity index is 1240. The van der Waals surface area contributed by atoms with E-state index in [2.05, 4.69) is 4.90 Å². The smallest absolute Gasteiger partial charge is 0.266 e. The minimum absolute atomic E-state index is 0.00526. The number of likely N-dealkylation sites (tertiary alicyclic amines) is 1. The summed E-state index contributed by atoms with van der Waals surface area (Å²) in [6, 6.07) is 3.24. The van der Waals surface area contributed by atoms with Gasteiger partial charge in [0, 0.05) is 48.9 Å². The SMILES string of the molecule is C[C@H](c1cccc(C(F)F)c1F)N(c1cc(=O)n([C@H]2C[C@@H]2C(F)F)cc1C(N)=O)C1C2CN(C)CC21. The van der Waals surface area contributed by atoms with Gasteiger partial charge in [-0.3, -0.25) is 9.59 Å². The van der Waals surface area contributed by atoms with Crippen molar-refractivity contribution in [1.82, 2.24) is 9.47 Å². The van der Waals surface area contributed by atoms with Crippen molar-refractivity contribution in [2.24, 2.45) is 23.5 Å². The number of alkyl halides is 4. The van der Waals surface area contributed by atoms with E-state index in [1.54, 1.807) is 11.8 Å². The van der Waals surface area contributed by atoms with Crippen LogP contribution in [0.4, 0.5) is 27.6 Å². The Hall–Kier alpha value is -2.95. The Morgan fingerprint density at radius 3 is 2.33 bits per heavy atom. The molecule has 11 heteroatoms. The zero-order valence-electron chi connectivity index (χ0n) is 19.8. The molecule has 1 saturated heterocycles. The van der Waals surface area contributed by atoms with Gasteiger partial charge in [-0.05, 0) is 32.2 Å². The highest BCUT2D eigenvalue weighted by molar-refractivity contribution is 5.98. The Balaban J connectivity index is 1.61. The van der Waals surface area contributed by atoms with Gasteiger partial charge >= 0.3 is 0 Å². The van der Waals surface area contributed by atoms with Crippen LogP contribution in [0.2, 0.25) is 0 Å². The number of hydrogen-bond acceptors (Lipinski definition) is 4. The number of hydrogen-bond donors (Lipinski definition) is 1. The number of rotatable bonds is 8. The minimum atomic E-state index is -3.01. The van der Waals surface area contributed by atoms with E-state index < -0.39 is 53.7 Å². The molecule has 36 heavy (non-hydrogen) atoms. The first-order valence-corrected chi connectivity index (χ1v) is 11.9. The van der Waals surface area contributed by atoms with Crippen LogP contribution in [-0.4, -0.2) is 48.0 Å². The largest absolute Gasteiger partial charge is 0.365 e. The zero-order valence-corrected chi connectivity index (χ0v) is 19.8. The van der Waals surface area contributed by atoms with Crippen LogP contribution in [0.25, 0.3) is 0 Å². The van der Waals surface area contributed by atoms with Gasteiger partial charge < -0.3 is 20.1 Å². The van der Waals surface area contributed by atoms with Crippen LogP contribution in [0.5, 0.6) is 0 Å². The maximum atomic E-state index is 15.2. The van der Waals surface area contributed by atoms with Gasteiger partial charge in [-0.25, -0.2) is 22.0 Å². The van der Waals surface area contributed by atoms with Crippen molar-refractivity contribution in [3.05, 3.63) is 63.3 Å². The van der Waals surface area contributed by atoms with E-state index in [0.717, 1.165) is 23.7 Å². The summed E-state index contributed by atoms with van der Waals surface area (Å²) in [5.74, 6) is -2.54. The van der Waals surface area contributed by atoms with Crippen molar-refractivity contribution in [3.63, 3.8) is 0 Å². The molecule has 5 rings (SSSR count). The number of nitrogens with zero attached hydrogens (tertiary/aromatic N) is 3. The molecule has 0 radical (unpaired) electrons. The molecule has 3 fully saturated rings. The van der Waals surface area contributed by atoms with E-state index in [9.17, 15) is 27.2 Å². The minimum Gasteiger partial charge on any atom is -0.365 e. The molecule has 2 unspecified atom stereocenters. The third-order valence-corrected chi connectivity index (χ3v) is 7.90. The van der Waals surface area contributed by atoms with E-state index in [1.165, 1.54) is 24.4 Å². The molecule has 1 aliphatic heterocycles. The summed E-state index contributed by atoms with van der Waals surface area (Å²) < 4.78 is 69.4. The fourth-order valence-corrected chi connectivity index (χ4v) is 5.95. The molecule has 3 aliphatic rings. The van der Waals surface area contributed by atoms with Gasteiger partial charge in [0.05, 0.1) is 22.9 Å². The number of piperidine rings is 1. The average Bonchev–Trinajstić information content (AvgIpc) is 3.69. The number of primary amides is 1. The topological polar surface area (TPSA) is 71.6 Å². The Morgan fingerprint density at radius 1 is 1.14 bits per heavy atom. The predicted octanol–water partition coefficient (Wildman–Crippen LogP) is 3.98. The van der Waals surface area contributed by atoms with Crippen LogP contribution in [0.3, 0.4) is 0 Å². The van der Waals surface area contributed by atoms with Crippen molar-refractivity contribution in [3.8, 4) is 0 Å². The number of pyridine rings is 1. The van der Waals surface area contributed by atoms with Crippen molar-refractivity contribution >= 4 is 11.6 Å². The Labute approximate surface area is 204 Å². The van der Waals surface area contributed by atoms with E-state index in [1.807, 2.05) is 7.05 Å². The monoisotopic (exact) mass is 510 g/mol. The number of anilines is 1. The van der Waals surface area contributed by atoms with Crippen LogP contribution < -0.4 is 16.2 Å². The van der Waals surface area contributed by atoms with Crippen LogP contribution in [-0.2, 0) is 0 Å². The molecule has 6 nitrogen and oxygen atoms in total. The molecule has 5 atom stereocenters. The number of carbonyl (C=O) groups is 1. The lowest BCUT2D eigenvalue weighted by Gasteiger charge is -2.36. The summed E-state index contributed by atoms with van der Waals surface area (Å²) in [5, 5.41) is 0. The second-order valence-electron chi connectivity index (χ2n) is 10.2. The molecule has 2 N–H and O–H groups in total. The highest BCUT2D eigenvalue weighted by atomic mass is 19.3. The first kappa shape index (κ1) is 24.7. The maximum Gasteiger partial charge on any atom is 0.266 e. The highest BCUT2D eigenvalue weighted by Crippen LogP contribution is 2.53. The second kappa shape index (κ2) is 8.86. The number of nitrogens with two attached hydrogens (primary N) is 1. The molecule has 2 aliphatic carbocycles. The van der Waals surface area contributed by atoms with Gasteiger partial charge in [-0.2, -0.15) is 0 Å². The zero-order chi connectivity index (χ0) is 26.0. The fraction of sp³-hybridized carbons (Fsp3) is 0.520. The predicted molar refractivity (Wildman–Crippen MR) is 123 cm³/mol. The third-order valence-electron chi connectivity index (χ3n) is 7.90. The van der Waals surface area contributed by atoms with Crippen LogP contribution in [0.15, 0.2) is 35.3 Å². The number of amides is 1. The van der Waals surface area contributed by atoms with Gasteiger partial charge in [-0.1, -0.05) is 18.2 Å². The van der Waals surface area contributed by atoms with Gasteiger partial charge in [0.15, 0.2) is 0 Å². The molecular weight excluding hydrogens is 483 g/mol. The number of halogens is 5. The molecule has 1 amide bonds. The Kier molecular flexibility index (Phi) is 6.09. The van der Waals surface area contributed by atoms with Crippen LogP contribution in [0.1, 0.15) is 53.3 Å². The molecule has 1 aromatic carbocycles.